The average molecular weight is 339 g/mol. The highest BCUT2D eigenvalue weighted by Gasteiger charge is 2.16. The number of benzene rings is 2. The van der Waals surface area contributed by atoms with Gasteiger partial charge in [0.2, 0.25) is 0 Å². The summed E-state index contributed by atoms with van der Waals surface area (Å²) in [5.74, 6) is 0.231. The number of nitrogens with zero attached hydrogens (tertiary/aromatic N) is 3. The van der Waals surface area contributed by atoms with E-state index < -0.39 is 10.9 Å². The van der Waals surface area contributed by atoms with E-state index in [4.69, 9.17) is 4.74 Å². The largest absolute Gasteiger partial charge is 0.462 e. The molecule has 3 aromatic rings. The van der Waals surface area contributed by atoms with Gasteiger partial charge in [0.25, 0.3) is 5.69 Å². The van der Waals surface area contributed by atoms with Crippen LogP contribution in [0.1, 0.15) is 24.2 Å². The van der Waals surface area contributed by atoms with E-state index in [0.29, 0.717) is 35.6 Å². The number of carbonyl (C=O) groups excluding carboxylic acids is 1. The van der Waals surface area contributed by atoms with E-state index in [1.54, 1.807) is 31.2 Å². The molecule has 3 rings (SSSR count). The number of ether oxygens (including phenoxy) is 1. The van der Waals surface area contributed by atoms with Crippen LogP contribution in [0, 0.1) is 10.1 Å². The van der Waals surface area contributed by atoms with Gasteiger partial charge in [0.05, 0.1) is 28.1 Å². The molecular formula is C18H17N3O4. The third-order valence-corrected chi connectivity index (χ3v) is 3.89. The van der Waals surface area contributed by atoms with Crippen molar-refractivity contribution in [2.45, 2.75) is 20.4 Å². The van der Waals surface area contributed by atoms with Gasteiger partial charge in [-0.3, -0.25) is 10.1 Å². The first-order valence-electron chi connectivity index (χ1n) is 7.97. The lowest BCUT2D eigenvalue weighted by molar-refractivity contribution is -0.384. The minimum Gasteiger partial charge on any atom is -0.462 e. The van der Waals surface area contributed by atoms with Gasteiger partial charge in [0.15, 0.2) is 0 Å². The maximum Gasteiger partial charge on any atom is 0.338 e. The Bertz CT molecular complexity index is 962. The van der Waals surface area contributed by atoms with Gasteiger partial charge in [0.1, 0.15) is 5.82 Å². The van der Waals surface area contributed by atoms with Gasteiger partial charge < -0.3 is 9.30 Å². The predicted octanol–water partition coefficient (Wildman–Crippen LogP) is 3.81. The van der Waals surface area contributed by atoms with Gasteiger partial charge in [-0.2, -0.15) is 0 Å². The van der Waals surface area contributed by atoms with Crippen molar-refractivity contribution in [2.24, 2.45) is 0 Å². The van der Waals surface area contributed by atoms with Crippen LogP contribution in [0.5, 0.6) is 0 Å². The molecule has 0 amide bonds. The van der Waals surface area contributed by atoms with Gasteiger partial charge >= 0.3 is 5.97 Å². The molecule has 7 nitrogen and oxygen atoms in total. The fourth-order valence-corrected chi connectivity index (χ4v) is 2.77. The number of aryl methyl sites for hydroxylation is 1. The summed E-state index contributed by atoms with van der Waals surface area (Å²) in [6.45, 7) is 4.68. The van der Waals surface area contributed by atoms with E-state index in [-0.39, 0.29) is 5.69 Å². The second kappa shape index (κ2) is 6.72. The van der Waals surface area contributed by atoms with Crippen LogP contribution in [-0.4, -0.2) is 27.1 Å². The van der Waals surface area contributed by atoms with Crippen molar-refractivity contribution in [3.05, 3.63) is 58.1 Å². The fraction of sp³-hybridized carbons (Fsp3) is 0.222. The van der Waals surface area contributed by atoms with E-state index in [0.717, 1.165) is 5.52 Å². The standard InChI is InChI=1S/C18H17N3O4/c1-3-20-16-9-8-13(18(22)25-4-2)11-15(16)19-17(20)12-6-5-7-14(10-12)21(23)24/h5-11H,3-4H2,1-2H3. The summed E-state index contributed by atoms with van der Waals surface area (Å²) in [5, 5.41) is 11.0. The van der Waals surface area contributed by atoms with E-state index in [2.05, 4.69) is 4.98 Å². The number of imidazole rings is 1. The summed E-state index contributed by atoms with van der Waals surface area (Å²) >= 11 is 0. The third kappa shape index (κ3) is 3.08. The molecule has 0 aliphatic heterocycles. The van der Waals surface area contributed by atoms with Gasteiger partial charge in [-0.15, -0.1) is 0 Å². The second-order valence-electron chi connectivity index (χ2n) is 5.41. The van der Waals surface area contributed by atoms with Crippen molar-refractivity contribution >= 4 is 22.7 Å². The molecule has 0 bridgehead atoms. The van der Waals surface area contributed by atoms with Gasteiger partial charge in [-0.25, -0.2) is 9.78 Å². The van der Waals surface area contributed by atoms with E-state index in [1.165, 1.54) is 12.1 Å². The third-order valence-electron chi connectivity index (χ3n) is 3.89. The van der Waals surface area contributed by atoms with E-state index >= 15 is 0 Å². The molecule has 0 spiro atoms. The van der Waals surface area contributed by atoms with Crippen LogP contribution < -0.4 is 0 Å². The number of hydrogen-bond acceptors (Lipinski definition) is 5. The molecule has 0 radical (unpaired) electrons. The lowest BCUT2D eigenvalue weighted by Gasteiger charge is -2.06. The Labute approximate surface area is 144 Å². The molecule has 0 unspecified atom stereocenters. The molecule has 0 N–H and O–H groups in total. The quantitative estimate of drug-likeness (QED) is 0.401. The minimum atomic E-state index is -0.429. The molecule has 0 saturated heterocycles. The molecule has 1 aromatic heterocycles. The van der Waals surface area contributed by atoms with Crippen molar-refractivity contribution < 1.29 is 14.5 Å². The summed E-state index contributed by atoms with van der Waals surface area (Å²) in [5.41, 5.74) is 2.61. The Hall–Kier alpha value is -3.22. The highest BCUT2D eigenvalue weighted by molar-refractivity contribution is 5.94. The number of hydrogen-bond donors (Lipinski definition) is 0. The molecule has 0 saturated carbocycles. The summed E-state index contributed by atoms with van der Waals surface area (Å²) in [4.78, 5) is 27.1. The maximum absolute atomic E-state index is 11.9. The molecule has 0 aliphatic carbocycles. The number of fused-ring (bicyclic) bond motifs is 1. The van der Waals surface area contributed by atoms with Gasteiger partial charge in [-0.05, 0) is 32.0 Å². The Morgan fingerprint density at radius 3 is 2.72 bits per heavy atom. The minimum absolute atomic E-state index is 0.0134. The van der Waals surface area contributed by atoms with Crippen molar-refractivity contribution in [3.63, 3.8) is 0 Å². The molecule has 0 atom stereocenters. The highest BCUT2D eigenvalue weighted by Crippen LogP contribution is 2.28. The zero-order valence-electron chi connectivity index (χ0n) is 13.9. The Balaban J connectivity index is 2.14. The monoisotopic (exact) mass is 339 g/mol. The molecular weight excluding hydrogens is 322 g/mol. The first kappa shape index (κ1) is 16.6. The average Bonchev–Trinajstić information content (AvgIpc) is 2.99. The van der Waals surface area contributed by atoms with Crippen LogP contribution >= 0.6 is 0 Å². The molecule has 1 heterocycles. The van der Waals surface area contributed by atoms with Gasteiger partial charge in [0, 0.05) is 24.2 Å². The zero-order chi connectivity index (χ0) is 18.0. The fourth-order valence-electron chi connectivity index (χ4n) is 2.77. The van der Waals surface area contributed by atoms with Crippen LogP contribution in [0.25, 0.3) is 22.4 Å². The summed E-state index contributed by atoms with van der Waals surface area (Å²) < 4.78 is 6.98. The molecule has 128 valence electrons. The first-order valence-corrected chi connectivity index (χ1v) is 7.97. The molecule has 0 fully saturated rings. The molecule has 2 aromatic carbocycles. The summed E-state index contributed by atoms with van der Waals surface area (Å²) in [7, 11) is 0. The number of non-ortho nitro benzene ring substituents is 1. The van der Waals surface area contributed by atoms with Crippen molar-refractivity contribution in [1.82, 2.24) is 9.55 Å². The van der Waals surface area contributed by atoms with Crippen LogP contribution in [0.3, 0.4) is 0 Å². The Morgan fingerprint density at radius 1 is 1.24 bits per heavy atom. The summed E-state index contributed by atoms with van der Waals surface area (Å²) in [6.07, 6.45) is 0. The second-order valence-corrected chi connectivity index (χ2v) is 5.41. The van der Waals surface area contributed by atoms with Crippen LogP contribution in [0.2, 0.25) is 0 Å². The Kier molecular flexibility index (Phi) is 4.47. The SMILES string of the molecule is CCOC(=O)c1ccc2c(c1)nc(-c1cccc([N+](=O)[O-])c1)n2CC. The van der Waals surface area contributed by atoms with Crippen LogP contribution in [-0.2, 0) is 11.3 Å². The number of nitro groups is 1. The number of nitro benzene ring substituents is 1. The van der Waals surface area contributed by atoms with Crippen molar-refractivity contribution in [3.8, 4) is 11.4 Å². The molecule has 25 heavy (non-hydrogen) atoms. The normalized spacial score (nSPS) is 10.8. The molecule has 7 heteroatoms. The zero-order valence-corrected chi connectivity index (χ0v) is 13.9. The van der Waals surface area contributed by atoms with E-state index in [9.17, 15) is 14.9 Å². The van der Waals surface area contributed by atoms with Crippen molar-refractivity contribution in [1.29, 1.82) is 0 Å². The highest BCUT2D eigenvalue weighted by atomic mass is 16.6. The molecule has 0 aliphatic rings. The van der Waals surface area contributed by atoms with Crippen LogP contribution in [0.15, 0.2) is 42.5 Å². The summed E-state index contributed by atoms with van der Waals surface area (Å²) in [6, 6.07) is 11.6. The first-order chi connectivity index (χ1) is 12.0. The number of carbonyl (C=O) groups is 1. The Morgan fingerprint density at radius 2 is 2.04 bits per heavy atom. The lowest BCUT2D eigenvalue weighted by atomic mass is 10.2. The number of esters is 1. The smallest absolute Gasteiger partial charge is 0.338 e. The predicted molar refractivity (Wildman–Crippen MR) is 93.5 cm³/mol. The maximum atomic E-state index is 11.9. The lowest BCUT2D eigenvalue weighted by Crippen LogP contribution is -2.04. The topological polar surface area (TPSA) is 87.3 Å². The van der Waals surface area contributed by atoms with Crippen LogP contribution in [0.4, 0.5) is 5.69 Å². The number of rotatable bonds is 5. The van der Waals surface area contributed by atoms with Crippen molar-refractivity contribution in [2.75, 3.05) is 6.61 Å². The van der Waals surface area contributed by atoms with E-state index in [1.807, 2.05) is 17.6 Å². The number of aromatic nitrogens is 2. The van der Waals surface area contributed by atoms with Gasteiger partial charge in [-0.1, -0.05) is 12.1 Å².